The average molecular weight is 369 g/mol. The third-order valence-corrected chi connectivity index (χ3v) is 4.51. The summed E-state index contributed by atoms with van der Waals surface area (Å²) in [6.07, 6.45) is 2.96. The summed E-state index contributed by atoms with van der Waals surface area (Å²) in [6, 6.07) is 17.8. The Labute approximate surface area is 161 Å². The lowest BCUT2D eigenvalue weighted by Gasteiger charge is -2.18. The van der Waals surface area contributed by atoms with Crippen LogP contribution in [0.2, 0.25) is 0 Å². The smallest absolute Gasteiger partial charge is 0.248 e. The quantitative estimate of drug-likeness (QED) is 0.538. The number of fused-ring (bicyclic) bond motifs is 2. The predicted molar refractivity (Wildman–Crippen MR) is 106 cm³/mol. The fourth-order valence-electron chi connectivity index (χ4n) is 3.12. The Kier molecular flexibility index (Phi) is 4.33. The Morgan fingerprint density at radius 3 is 2.07 bits per heavy atom. The van der Waals surface area contributed by atoms with Gasteiger partial charge in [0.2, 0.25) is 5.91 Å². The molecule has 0 aromatic heterocycles. The summed E-state index contributed by atoms with van der Waals surface area (Å²) in [5.41, 5.74) is 2.57. The molecule has 1 aliphatic rings. The van der Waals surface area contributed by atoms with E-state index in [9.17, 15) is 19.5 Å². The van der Waals surface area contributed by atoms with Gasteiger partial charge in [-0.25, -0.2) is 0 Å². The minimum atomic E-state index is -0.372. The zero-order valence-corrected chi connectivity index (χ0v) is 14.7. The molecule has 1 amide bonds. The van der Waals surface area contributed by atoms with E-state index < -0.39 is 0 Å². The van der Waals surface area contributed by atoms with Crippen molar-refractivity contribution in [2.45, 2.75) is 0 Å². The molecular formula is C23H15NO4. The molecule has 2 N–H and O–H groups in total. The number of carbonyl (C=O) groups excluding carboxylic acids is 3. The normalized spacial score (nSPS) is 12.6. The van der Waals surface area contributed by atoms with E-state index in [0.717, 1.165) is 5.56 Å². The van der Waals surface area contributed by atoms with E-state index in [1.54, 1.807) is 54.6 Å². The van der Waals surface area contributed by atoms with Crippen molar-refractivity contribution in [1.82, 2.24) is 0 Å². The first-order valence-corrected chi connectivity index (χ1v) is 8.63. The molecule has 0 heterocycles. The fraction of sp³-hybridized carbons (Fsp3) is 0. The lowest BCUT2D eigenvalue weighted by molar-refractivity contribution is -0.111. The first-order valence-electron chi connectivity index (χ1n) is 8.63. The van der Waals surface area contributed by atoms with Crippen molar-refractivity contribution >= 4 is 29.2 Å². The standard InChI is InChI=1S/C23H15NO4/c25-16-9-5-14(6-10-16)7-12-21(26)24-15-8-11-19-20(13-15)23(28)18-4-2-1-3-17(18)22(19)27/h1-13,25H,(H,24,26)/b12-7+. The summed E-state index contributed by atoms with van der Waals surface area (Å²) in [6.45, 7) is 0. The summed E-state index contributed by atoms with van der Waals surface area (Å²) in [4.78, 5) is 37.5. The number of hydrogen-bond acceptors (Lipinski definition) is 4. The minimum Gasteiger partial charge on any atom is -0.508 e. The Morgan fingerprint density at radius 2 is 1.39 bits per heavy atom. The van der Waals surface area contributed by atoms with Gasteiger partial charge in [-0.15, -0.1) is 0 Å². The van der Waals surface area contributed by atoms with Gasteiger partial charge in [0.25, 0.3) is 0 Å². The molecule has 0 bridgehead atoms. The number of amides is 1. The van der Waals surface area contributed by atoms with Gasteiger partial charge in [0.05, 0.1) is 0 Å². The van der Waals surface area contributed by atoms with Crippen LogP contribution in [0.15, 0.2) is 72.8 Å². The number of hydrogen-bond donors (Lipinski definition) is 2. The molecule has 5 nitrogen and oxygen atoms in total. The summed E-state index contributed by atoms with van der Waals surface area (Å²) < 4.78 is 0. The van der Waals surface area contributed by atoms with Crippen LogP contribution in [0.3, 0.4) is 0 Å². The largest absolute Gasteiger partial charge is 0.508 e. The molecule has 3 aromatic rings. The van der Waals surface area contributed by atoms with Crippen molar-refractivity contribution in [3.8, 4) is 5.75 Å². The fourth-order valence-corrected chi connectivity index (χ4v) is 3.12. The zero-order valence-electron chi connectivity index (χ0n) is 14.7. The lowest BCUT2D eigenvalue weighted by atomic mass is 9.84. The van der Waals surface area contributed by atoms with Crippen LogP contribution in [-0.4, -0.2) is 22.6 Å². The second-order valence-corrected chi connectivity index (χ2v) is 6.38. The molecule has 28 heavy (non-hydrogen) atoms. The van der Waals surface area contributed by atoms with Crippen molar-refractivity contribution in [3.63, 3.8) is 0 Å². The van der Waals surface area contributed by atoms with Crippen molar-refractivity contribution < 1.29 is 19.5 Å². The number of carbonyl (C=O) groups is 3. The van der Waals surface area contributed by atoms with Gasteiger partial charge in [0.1, 0.15) is 5.75 Å². The molecule has 1 aliphatic carbocycles. The molecule has 0 unspecified atom stereocenters. The van der Waals surface area contributed by atoms with Crippen LogP contribution in [0.1, 0.15) is 37.4 Å². The van der Waals surface area contributed by atoms with E-state index in [0.29, 0.717) is 22.4 Å². The number of phenols is 1. The number of phenolic OH excluding ortho intramolecular Hbond substituents is 1. The summed E-state index contributed by atoms with van der Waals surface area (Å²) in [5.74, 6) is -0.657. The molecule has 0 fully saturated rings. The first-order chi connectivity index (χ1) is 13.5. The highest BCUT2D eigenvalue weighted by atomic mass is 16.3. The highest BCUT2D eigenvalue weighted by Crippen LogP contribution is 2.29. The number of rotatable bonds is 3. The molecule has 0 radical (unpaired) electrons. The van der Waals surface area contributed by atoms with Gasteiger partial charge in [-0.3, -0.25) is 14.4 Å². The molecule has 136 valence electrons. The summed E-state index contributed by atoms with van der Waals surface area (Å²) in [7, 11) is 0. The van der Waals surface area contributed by atoms with Crippen molar-refractivity contribution in [2.24, 2.45) is 0 Å². The molecule has 3 aromatic carbocycles. The highest BCUT2D eigenvalue weighted by molar-refractivity contribution is 6.28. The van der Waals surface area contributed by atoms with Crippen molar-refractivity contribution in [1.29, 1.82) is 0 Å². The Balaban J connectivity index is 1.56. The third-order valence-electron chi connectivity index (χ3n) is 4.51. The van der Waals surface area contributed by atoms with Crippen molar-refractivity contribution in [2.75, 3.05) is 5.32 Å². The van der Waals surface area contributed by atoms with Gasteiger partial charge in [0.15, 0.2) is 11.6 Å². The van der Waals surface area contributed by atoms with Gasteiger partial charge in [-0.2, -0.15) is 0 Å². The Morgan fingerprint density at radius 1 is 0.786 bits per heavy atom. The molecular weight excluding hydrogens is 354 g/mol. The number of aromatic hydroxyl groups is 1. The maximum atomic E-state index is 12.7. The Hall–Kier alpha value is -3.99. The maximum absolute atomic E-state index is 12.7. The second kappa shape index (κ2) is 6.96. The minimum absolute atomic E-state index is 0.149. The summed E-state index contributed by atoms with van der Waals surface area (Å²) >= 11 is 0. The van der Waals surface area contributed by atoms with E-state index in [-0.39, 0.29) is 28.8 Å². The van der Waals surface area contributed by atoms with Gasteiger partial charge in [-0.05, 0) is 42.0 Å². The van der Waals surface area contributed by atoms with Crippen LogP contribution in [0.25, 0.3) is 6.08 Å². The predicted octanol–water partition coefficient (Wildman–Crippen LogP) is 3.82. The van der Waals surface area contributed by atoms with Crippen LogP contribution in [0.5, 0.6) is 5.75 Å². The molecule has 0 aliphatic heterocycles. The zero-order chi connectivity index (χ0) is 19.7. The van der Waals surface area contributed by atoms with Gasteiger partial charge < -0.3 is 10.4 Å². The first kappa shape index (κ1) is 17.4. The molecule has 0 spiro atoms. The number of benzene rings is 3. The van der Waals surface area contributed by atoms with E-state index >= 15 is 0 Å². The SMILES string of the molecule is O=C(/C=C/c1ccc(O)cc1)Nc1ccc2c(c1)C(=O)c1ccccc1C2=O. The number of nitrogens with one attached hydrogen (secondary N) is 1. The van der Waals surface area contributed by atoms with E-state index in [1.807, 2.05) is 0 Å². The molecule has 4 rings (SSSR count). The van der Waals surface area contributed by atoms with E-state index in [4.69, 9.17) is 0 Å². The average Bonchev–Trinajstić information content (AvgIpc) is 2.71. The van der Waals surface area contributed by atoms with Crippen LogP contribution in [0.4, 0.5) is 5.69 Å². The van der Waals surface area contributed by atoms with Crippen molar-refractivity contribution in [3.05, 3.63) is 101 Å². The summed E-state index contributed by atoms with van der Waals surface area (Å²) in [5, 5.41) is 12.0. The highest BCUT2D eigenvalue weighted by Gasteiger charge is 2.29. The lowest BCUT2D eigenvalue weighted by Crippen LogP contribution is -2.21. The van der Waals surface area contributed by atoms with E-state index in [1.165, 1.54) is 24.3 Å². The monoisotopic (exact) mass is 369 g/mol. The Bertz CT molecular complexity index is 1140. The molecule has 0 saturated heterocycles. The van der Waals surface area contributed by atoms with Gasteiger partial charge in [-0.1, -0.05) is 36.4 Å². The number of ketones is 2. The van der Waals surface area contributed by atoms with Crippen LogP contribution < -0.4 is 5.32 Å². The number of anilines is 1. The van der Waals surface area contributed by atoms with Crippen LogP contribution in [0, 0.1) is 0 Å². The van der Waals surface area contributed by atoms with Gasteiger partial charge in [0, 0.05) is 34.0 Å². The van der Waals surface area contributed by atoms with Crippen LogP contribution in [-0.2, 0) is 4.79 Å². The molecule has 0 saturated carbocycles. The van der Waals surface area contributed by atoms with Gasteiger partial charge >= 0.3 is 0 Å². The third kappa shape index (κ3) is 3.21. The molecule has 0 atom stereocenters. The van der Waals surface area contributed by atoms with Crippen LogP contribution >= 0.6 is 0 Å². The topological polar surface area (TPSA) is 83.5 Å². The molecule has 5 heteroatoms. The second-order valence-electron chi connectivity index (χ2n) is 6.38. The van der Waals surface area contributed by atoms with E-state index in [2.05, 4.69) is 5.32 Å². The maximum Gasteiger partial charge on any atom is 0.248 e.